The average molecular weight is 193 g/mol. The van der Waals surface area contributed by atoms with Gasteiger partial charge in [0, 0.05) is 23.9 Å². The van der Waals surface area contributed by atoms with Crippen molar-refractivity contribution in [3.63, 3.8) is 0 Å². The lowest BCUT2D eigenvalue weighted by molar-refractivity contribution is 0.592. The SMILES string of the molecule is CC#CCCN[C@@H](C)c1cccs1. The summed E-state index contributed by atoms with van der Waals surface area (Å²) in [6.45, 7) is 5.04. The molecule has 0 aliphatic carbocycles. The largest absolute Gasteiger partial charge is 0.309 e. The van der Waals surface area contributed by atoms with Crippen molar-refractivity contribution < 1.29 is 0 Å². The normalized spacial score (nSPS) is 11.8. The van der Waals surface area contributed by atoms with Crippen molar-refractivity contribution in [3.8, 4) is 11.8 Å². The van der Waals surface area contributed by atoms with E-state index in [0.29, 0.717) is 6.04 Å². The fourth-order valence-electron chi connectivity index (χ4n) is 1.11. The number of thiophene rings is 1. The van der Waals surface area contributed by atoms with E-state index >= 15 is 0 Å². The number of rotatable bonds is 4. The maximum absolute atomic E-state index is 3.43. The summed E-state index contributed by atoms with van der Waals surface area (Å²) in [5.74, 6) is 5.93. The molecule has 0 aromatic carbocycles. The molecule has 0 aliphatic rings. The van der Waals surface area contributed by atoms with Gasteiger partial charge in [0.15, 0.2) is 0 Å². The first-order valence-electron chi connectivity index (χ1n) is 4.51. The van der Waals surface area contributed by atoms with Gasteiger partial charge < -0.3 is 5.32 Å². The summed E-state index contributed by atoms with van der Waals surface area (Å²) in [5, 5.41) is 5.54. The minimum Gasteiger partial charge on any atom is -0.309 e. The van der Waals surface area contributed by atoms with E-state index in [1.165, 1.54) is 4.88 Å². The Morgan fingerprint density at radius 2 is 2.46 bits per heavy atom. The Morgan fingerprint density at radius 1 is 1.62 bits per heavy atom. The first kappa shape index (κ1) is 10.3. The summed E-state index contributed by atoms with van der Waals surface area (Å²) >= 11 is 1.80. The number of hydrogen-bond donors (Lipinski definition) is 1. The third kappa shape index (κ3) is 3.63. The zero-order valence-electron chi connectivity index (χ0n) is 8.13. The molecular weight excluding hydrogens is 178 g/mol. The van der Waals surface area contributed by atoms with Crippen molar-refractivity contribution in [2.75, 3.05) is 6.54 Å². The zero-order valence-corrected chi connectivity index (χ0v) is 8.95. The Morgan fingerprint density at radius 3 is 3.08 bits per heavy atom. The van der Waals surface area contributed by atoms with E-state index in [1.807, 2.05) is 6.92 Å². The van der Waals surface area contributed by atoms with Crippen LogP contribution in [-0.2, 0) is 0 Å². The second-order valence-electron chi connectivity index (χ2n) is 2.87. The minimum absolute atomic E-state index is 0.457. The highest BCUT2D eigenvalue weighted by molar-refractivity contribution is 7.10. The monoisotopic (exact) mass is 193 g/mol. The maximum Gasteiger partial charge on any atom is 0.0386 e. The minimum atomic E-state index is 0.457. The van der Waals surface area contributed by atoms with Crippen molar-refractivity contribution in [1.82, 2.24) is 5.32 Å². The van der Waals surface area contributed by atoms with E-state index in [0.717, 1.165) is 13.0 Å². The Balaban J connectivity index is 2.25. The molecule has 1 rings (SSSR count). The predicted octanol–water partition coefficient (Wildman–Crippen LogP) is 2.81. The third-order valence-electron chi connectivity index (χ3n) is 1.85. The van der Waals surface area contributed by atoms with E-state index in [4.69, 9.17) is 0 Å². The zero-order chi connectivity index (χ0) is 9.52. The van der Waals surface area contributed by atoms with Crippen molar-refractivity contribution in [1.29, 1.82) is 0 Å². The van der Waals surface area contributed by atoms with Gasteiger partial charge in [0.25, 0.3) is 0 Å². The molecule has 0 spiro atoms. The quantitative estimate of drug-likeness (QED) is 0.573. The van der Waals surface area contributed by atoms with Crippen molar-refractivity contribution >= 4 is 11.3 Å². The summed E-state index contributed by atoms with van der Waals surface area (Å²) in [4.78, 5) is 1.39. The second-order valence-corrected chi connectivity index (χ2v) is 3.85. The van der Waals surface area contributed by atoms with Crippen LogP contribution in [-0.4, -0.2) is 6.54 Å². The van der Waals surface area contributed by atoms with Gasteiger partial charge in [-0.3, -0.25) is 0 Å². The summed E-state index contributed by atoms with van der Waals surface area (Å²) < 4.78 is 0. The standard InChI is InChI=1S/C11H15NS/c1-3-4-5-8-12-10(2)11-7-6-9-13-11/h6-7,9-10,12H,5,8H2,1-2H3/t10-/m0/s1. The van der Waals surface area contributed by atoms with Gasteiger partial charge >= 0.3 is 0 Å². The molecule has 1 aromatic rings. The van der Waals surface area contributed by atoms with Gasteiger partial charge in [-0.15, -0.1) is 23.2 Å². The Kier molecular flexibility index (Phi) is 4.59. The highest BCUT2D eigenvalue weighted by atomic mass is 32.1. The van der Waals surface area contributed by atoms with Crippen LogP contribution in [0.15, 0.2) is 17.5 Å². The summed E-state index contributed by atoms with van der Waals surface area (Å²) in [7, 11) is 0. The fourth-order valence-corrected chi connectivity index (χ4v) is 1.87. The van der Waals surface area contributed by atoms with Crippen LogP contribution in [0.3, 0.4) is 0 Å². The van der Waals surface area contributed by atoms with E-state index < -0.39 is 0 Å². The highest BCUT2D eigenvalue weighted by Gasteiger charge is 2.03. The lowest BCUT2D eigenvalue weighted by atomic mass is 10.2. The van der Waals surface area contributed by atoms with Crippen LogP contribution in [0.1, 0.15) is 31.2 Å². The highest BCUT2D eigenvalue weighted by Crippen LogP contribution is 2.17. The van der Waals surface area contributed by atoms with Crippen LogP contribution in [0.5, 0.6) is 0 Å². The van der Waals surface area contributed by atoms with Crippen LogP contribution in [0.2, 0.25) is 0 Å². The average Bonchev–Trinajstić information content (AvgIpc) is 2.65. The van der Waals surface area contributed by atoms with Crippen LogP contribution in [0.4, 0.5) is 0 Å². The first-order chi connectivity index (χ1) is 6.34. The van der Waals surface area contributed by atoms with Gasteiger partial charge in [-0.25, -0.2) is 0 Å². The molecule has 0 radical (unpaired) electrons. The molecule has 0 amide bonds. The second kappa shape index (κ2) is 5.80. The van der Waals surface area contributed by atoms with Crippen LogP contribution >= 0.6 is 11.3 Å². The smallest absolute Gasteiger partial charge is 0.0386 e. The molecule has 70 valence electrons. The molecule has 1 heterocycles. The van der Waals surface area contributed by atoms with E-state index in [-0.39, 0.29) is 0 Å². The number of hydrogen-bond acceptors (Lipinski definition) is 2. The van der Waals surface area contributed by atoms with Gasteiger partial charge in [0.2, 0.25) is 0 Å². The summed E-state index contributed by atoms with van der Waals surface area (Å²) in [6.07, 6.45) is 0.937. The van der Waals surface area contributed by atoms with Crippen molar-refractivity contribution in [3.05, 3.63) is 22.4 Å². The Hall–Kier alpha value is -0.780. The molecule has 1 atom stereocenters. The van der Waals surface area contributed by atoms with Crippen molar-refractivity contribution in [2.24, 2.45) is 0 Å². The molecular formula is C11H15NS. The molecule has 13 heavy (non-hydrogen) atoms. The van der Waals surface area contributed by atoms with Crippen molar-refractivity contribution in [2.45, 2.75) is 26.3 Å². The van der Waals surface area contributed by atoms with Crippen LogP contribution in [0, 0.1) is 11.8 Å². The molecule has 1 nitrogen and oxygen atoms in total. The van der Waals surface area contributed by atoms with Gasteiger partial charge in [-0.1, -0.05) is 6.07 Å². The molecule has 0 saturated heterocycles. The van der Waals surface area contributed by atoms with Gasteiger partial charge in [-0.05, 0) is 25.3 Å². The molecule has 0 bridgehead atoms. The maximum atomic E-state index is 3.43. The molecule has 1 N–H and O–H groups in total. The molecule has 0 fully saturated rings. The lowest BCUT2D eigenvalue weighted by Gasteiger charge is -2.09. The summed E-state index contributed by atoms with van der Waals surface area (Å²) in [5.41, 5.74) is 0. The predicted molar refractivity (Wildman–Crippen MR) is 58.8 cm³/mol. The van der Waals surface area contributed by atoms with E-state index in [2.05, 4.69) is 41.6 Å². The number of nitrogens with one attached hydrogen (secondary N) is 1. The van der Waals surface area contributed by atoms with Crippen LogP contribution < -0.4 is 5.32 Å². The topological polar surface area (TPSA) is 12.0 Å². The van der Waals surface area contributed by atoms with Gasteiger partial charge in [-0.2, -0.15) is 0 Å². The molecule has 0 saturated carbocycles. The van der Waals surface area contributed by atoms with E-state index in [9.17, 15) is 0 Å². The fraction of sp³-hybridized carbons (Fsp3) is 0.455. The lowest BCUT2D eigenvalue weighted by Crippen LogP contribution is -2.18. The summed E-state index contributed by atoms with van der Waals surface area (Å²) in [6, 6.07) is 4.70. The molecule has 0 unspecified atom stereocenters. The van der Waals surface area contributed by atoms with E-state index in [1.54, 1.807) is 11.3 Å². The Bertz CT molecular complexity index is 279. The first-order valence-corrected chi connectivity index (χ1v) is 5.39. The Labute approximate surface area is 84.2 Å². The van der Waals surface area contributed by atoms with Crippen LogP contribution in [0.25, 0.3) is 0 Å². The molecule has 2 heteroatoms. The van der Waals surface area contributed by atoms with Gasteiger partial charge in [0.05, 0.1) is 0 Å². The molecule has 1 aromatic heterocycles. The third-order valence-corrected chi connectivity index (χ3v) is 2.90. The van der Waals surface area contributed by atoms with Gasteiger partial charge in [0.1, 0.15) is 0 Å². The molecule has 0 aliphatic heterocycles.